The number of benzene rings is 2. The molecule has 0 bridgehead atoms. The van der Waals surface area contributed by atoms with E-state index in [9.17, 15) is 4.79 Å². The second kappa shape index (κ2) is 9.03. The highest BCUT2D eigenvalue weighted by Gasteiger charge is 2.15. The molecule has 0 aliphatic carbocycles. The van der Waals surface area contributed by atoms with Gasteiger partial charge in [-0.3, -0.25) is 4.79 Å². The average Bonchev–Trinajstić information content (AvgIpc) is 2.65. The van der Waals surface area contributed by atoms with Crippen molar-refractivity contribution in [2.24, 2.45) is 0 Å². The number of carbonyl (C=O) groups is 1. The highest BCUT2D eigenvalue weighted by Crippen LogP contribution is 2.29. The number of halogens is 2. The zero-order valence-electron chi connectivity index (χ0n) is 13.7. The summed E-state index contributed by atoms with van der Waals surface area (Å²) < 4.78 is 0. The fourth-order valence-electron chi connectivity index (χ4n) is 2.26. The van der Waals surface area contributed by atoms with E-state index in [2.05, 4.69) is 15.5 Å². The lowest BCUT2D eigenvalue weighted by molar-refractivity contribution is 0.0950. The van der Waals surface area contributed by atoms with Crippen molar-refractivity contribution in [2.45, 2.75) is 16.3 Å². The molecule has 0 radical (unpaired) electrons. The molecular weight excluding hydrogens is 389 g/mol. The topological polar surface area (TPSA) is 54.9 Å². The predicted molar refractivity (Wildman–Crippen MR) is 105 cm³/mol. The third kappa shape index (κ3) is 5.21. The summed E-state index contributed by atoms with van der Waals surface area (Å²) in [4.78, 5) is 13.6. The normalized spacial score (nSPS) is 10.5. The zero-order valence-corrected chi connectivity index (χ0v) is 16.0. The molecule has 1 N–H and O–H groups in total. The molecule has 2 aromatic carbocycles. The van der Waals surface area contributed by atoms with Crippen molar-refractivity contribution in [1.82, 2.24) is 15.5 Å². The highest BCUT2D eigenvalue weighted by molar-refractivity contribution is 7.99. The monoisotopic (exact) mass is 403 g/mol. The van der Waals surface area contributed by atoms with Crippen molar-refractivity contribution >= 4 is 40.9 Å². The molecule has 0 unspecified atom stereocenters. The van der Waals surface area contributed by atoms with Crippen molar-refractivity contribution in [1.29, 1.82) is 0 Å². The molecule has 26 heavy (non-hydrogen) atoms. The van der Waals surface area contributed by atoms with E-state index in [0.717, 1.165) is 10.5 Å². The lowest BCUT2D eigenvalue weighted by atomic mass is 10.1. The van der Waals surface area contributed by atoms with Gasteiger partial charge in [0.1, 0.15) is 5.03 Å². The summed E-state index contributed by atoms with van der Waals surface area (Å²) in [6.45, 7) is 0.496. The van der Waals surface area contributed by atoms with E-state index in [1.807, 2.05) is 54.6 Å². The van der Waals surface area contributed by atoms with Crippen LogP contribution < -0.4 is 5.32 Å². The Morgan fingerprint density at radius 2 is 1.73 bits per heavy atom. The molecule has 0 fully saturated rings. The third-order valence-electron chi connectivity index (χ3n) is 3.55. The third-order valence-corrected chi connectivity index (χ3v) is 4.98. The van der Waals surface area contributed by atoms with Crippen molar-refractivity contribution in [2.75, 3.05) is 6.54 Å². The highest BCUT2D eigenvalue weighted by atomic mass is 35.5. The Morgan fingerprint density at radius 1 is 1.00 bits per heavy atom. The standard InChI is InChI=1S/C19H15Cl2N3OS/c20-14-8-6-13(7-9-14)10-11-22-18(25)16-12-17(21)23-24-19(16)26-15-4-2-1-3-5-15/h1-9,12H,10-11H2,(H,22,25). The van der Waals surface area contributed by atoms with Crippen LogP contribution >= 0.6 is 35.0 Å². The number of rotatable bonds is 6. The van der Waals surface area contributed by atoms with Gasteiger partial charge in [-0.2, -0.15) is 0 Å². The fraction of sp³-hybridized carbons (Fsp3) is 0.105. The van der Waals surface area contributed by atoms with Crippen LogP contribution in [-0.4, -0.2) is 22.6 Å². The van der Waals surface area contributed by atoms with Crippen LogP contribution in [0.4, 0.5) is 0 Å². The second-order valence-electron chi connectivity index (χ2n) is 5.43. The molecular formula is C19H15Cl2N3OS. The van der Waals surface area contributed by atoms with Crippen LogP contribution in [0.2, 0.25) is 10.2 Å². The van der Waals surface area contributed by atoms with Crippen molar-refractivity contribution in [3.8, 4) is 0 Å². The average molecular weight is 404 g/mol. The minimum Gasteiger partial charge on any atom is -0.352 e. The van der Waals surface area contributed by atoms with Crippen LogP contribution in [0.1, 0.15) is 15.9 Å². The quantitative estimate of drug-likeness (QED) is 0.635. The summed E-state index contributed by atoms with van der Waals surface area (Å²) in [7, 11) is 0. The van der Waals surface area contributed by atoms with Crippen LogP contribution in [-0.2, 0) is 6.42 Å². The predicted octanol–water partition coefficient (Wildman–Crippen LogP) is 4.91. The number of hydrogen-bond donors (Lipinski definition) is 1. The van der Waals surface area contributed by atoms with E-state index in [0.29, 0.717) is 28.6 Å². The Kier molecular flexibility index (Phi) is 6.50. The van der Waals surface area contributed by atoms with Gasteiger partial charge in [0.15, 0.2) is 5.15 Å². The van der Waals surface area contributed by atoms with Gasteiger partial charge in [-0.05, 0) is 42.3 Å². The Balaban J connectivity index is 1.67. The molecule has 0 spiro atoms. The number of nitrogens with zero attached hydrogens (tertiary/aromatic N) is 2. The first-order valence-electron chi connectivity index (χ1n) is 7.90. The Labute approximate surface area is 165 Å². The second-order valence-corrected chi connectivity index (χ2v) is 7.32. The van der Waals surface area contributed by atoms with E-state index in [-0.39, 0.29) is 11.1 Å². The summed E-state index contributed by atoms with van der Waals surface area (Å²) in [5, 5.41) is 12.2. The molecule has 3 aromatic rings. The summed E-state index contributed by atoms with van der Waals surface area (Å²) in [6.07, 6.45) is 0.705. The van der Waals surface area contributed by atoms with E-state index in [1.165, 1.54) is 17.8 Å². The Morgan fingerprint density at radius 3 is 2.46 bits per heavy atom. The fourth-order valence-corrected chi connectivity index (χ4v) is 3.39. The maximum atomic E-state index is 12.6. The van der Waals surface area contributed by atoms with Crippen LogP contribution in [0.15, 0.2) is 70.6 Å². The molecule has 4 nitrogen and oxygen atoms in total. The first kappa shape index (κ1) is 18.7. The smallest absolute Gasteiger partial charge is 0.254 e. The summed E-state index contributed by atoms with van der Waals surface area (Å²) >= 11 is 13.2. The molecule has 1 aromatic heterocycles. The Hall–Kier alpha value is -2.08. The van der Waals surface area contributed by atoms with Gasteiger partial charge in [-0.25, -0.2) is 0 Å². The lowest BCUT2D eigenvalue weighted by Gasteiger charge is -2.09. The number of carbonyl (C=O) groups excluding carboxylic acids is 1. The molecule has 1 amide bonds. The molecule has 132 valence electrons. The van der Waals surface area contributed by atoms with E-state index < -0.39 is 0 Å². The van der Waals surface area contributed by atoms with Gasteiger partial charge in [0.2, 0.25) is 0 Å². The van der Waals surface area contributed by atoms with E-state index in [1.54, 1.807) is 0 Å². The van der Waals surface area contributed by atoms with Crippen LogP contribution in [0.5, 0.6) is 0 Å². The minimum atomic E-state index is -0.228. The van der Waals surface area contributed by atoms with Gasteiger partial charge in [0, 0.05) is 16.5 Å². The van der Waals surface area contributed by atoms with Gasteiger partial charge >= 0.3 is 0 Å². The largest absolute Gasteiger partial charge is 0.352 e. The zero-order chi connectivity index (χ0) is 18.4. The van der Waals surface area contributed by atoms with E-state index in [4.69, 9.17) is 23.2 Å². The van der Waals surface area contributed by atoms with Crippen LogP contribution in [0.25, 0.3) is 0 Å². The SMILES string of the molecule is O=C(NCCc1ccc(Cl)cc1)c1cc(Cl)nnc1Sc1ccccc1. The lowest BCUT2D eigenvalue weighted by Crippen LogP contribution is -2.26. The first-order chi connectivity index (χ1) is 12.6. The molecule has 0 aliphatic rings. The summed E-state index contributed by atoms with van der Waals surface area (Å²) in [5.74, 6) is -0.228. The summed E-state index contributed by atoms with van der Waals surface area (Å²) in [6, 6.07) is 18.8. The van der Waals surface area contributed by atoms with Gasteiger partial charge < -0.3 is 5.32 Å². The number of nitrogens with one attached hydrogen (secondary N) is 1. The van der Waals surface area contributed by atoms with Crippen molar-refractivity contribution in [3.05, 3.63) is 82.0 Å². The maximum absolute atomic E-state index is 12.6. The van der Waals surface area contributed by atoms with Crippen LogP contribution in [0, 0.1) is 0 Å². The number of amides is 1. The Bertz CT molecular complexity index is 889. The first-order valence-corrected chi connectivity index (χ1v) is 9.48. The number of aromatic nitrogens is 2. The number of hydrogen-bond acceptors (Lipinski definition) is 4. The molecule has 0 saturated carbocycles. The van der Waals surface area contributed by atoms with Gasteiger partial charge in [0.05, 0.1) is 5.56 Å². The van der Waals surface area contributed by atoms with Gasteiger partial charge in [0.25, 0.3) is 5.91 Å². The molecule has 7 heteroatoms. The van der Waals surface area contributed by atoms with Crippen LogP contribution in [0.3, 0.4) is 0 Å². The van der Waals surface area contributed by atoms with Crippen molar-refractivity contribution in [3.63, 3.8) is 0 Å². The maximum Gasteiger partial charge on any atom is 0.254 e. The van der Waals surface area contributed by atoms with Gasteiger partial charge in [-0.15, -0.1) is 10.2 Å². The molecule has 0 atom stereocenters. The summed E-state index contributed by atoms with van der Waals surface area (Å²) in [5.41, 5.74) is 1.51. The van der Waals surface area contributed by atoms with E-state index >= 15 is 0 Å². The molecule has 0 aliphatic heterocycles. The molecule has 1 heterocycles. The van der Waals surface area contributed by atoms with Gasteiger partial charge in [-0.1, -0.05) is 65.3 Å². The minimum absolute atomic E-state index is 0.185. The van der Waals surface area contributed by atoms with Crippen molar-refractivity contribution < 1.29 is 4.79 Å². The molecule has 3 rings (SSSR count). The molecule has 0 saturated heterocycles.